The van der Waals surface area contributed by atoms with E-state index >= 15 is 0 Å². The Hall–Kier alpha value is -1.21. The van der Waals surface area contributed by atoms with Gasteiger partial charge in [0.1, 0.15) is 5.82 Å². The minimum absolute atomic E-state index is 0.637. The lowest BCUT2D eigenvalue weighted by Crippen LogP contribution is -2.09. The van der Waals surface area contributed by atoms with Crippen LogP contribution < -0.4 is 10.6 Å². The molecule has 2 aromatic heterocycles. The minimum atomic E-state index is 0.637. The molecule has 102 valence electrons. The van der Waals surface area contributed by atoms with E-state index in [-0.39, 0.29) is 0 Å². The van der Waals surface area contributed by atoms with Crippen molar-refractivity contribution in [3.05, 3.63) is 26.8 Å². The van der Waals surface area contributed by atoms with E-state index in [1.807, 2.05) is 13.8 Å². The number of halogens is 1. The van der Waals surface area contributed by atoms with E-state index < -0.39 is 0 Å². The van der Waals surface area contributed by atoms with Gasteiger partial charge in [-0.2, -0.15) is 4.98 Å². The molecular formula is C12H16BrN5S. The molecule has 2 rings (SSSR count). The molecule has 0 aliphatic carbocycles. The number of nitrogens with zero attached hydrogens (tertiary/aromatic N) is 3. The Morgan fingerprint density at radius 3 is 2.84 bits per heavy atom. The second kappa shape index (κ2) is 6.81. The molecule has 2 N–H and O–H groups in total. The molecule has 0 aromatic carbocycles. The maximum Gasteiger partial charge on any atom is 0.224 e. The highest BCUT2D eigenvalue weighted by molar-refractivity contribution is 9.10. The van der Waals surface area contributed by atoms with Crippen LogP contribution in [-0.4, -0.2) is 28.0 Å². The molecule has 0 amide bonds. The number of thiazole rings is 1. The van der Waals surface area contributed by atoms with E-state index in [0.29, 0.717) is 5.95 Å². The highest BCUT2D eigenvalue weighted by Crippen LogP contribution is 2.20. The highest BCUT2D eigenvalue weighted by atomic mass is 79.9. The van der Waals surface area contributed by atoms with Crippen LogP contribution in [0.4, 0.5) is 11.8 Å². The number of anilines is 2. The fourth-order valence-electron chi connectivity index (χ4n) is 1.54. The lowest BCUT2D eigenvalue weighted by molar-refractivity contribution is 0.969. The zero-order valence-electron chi connectivity index (χ0n) is 10.9. The Labute approximate surface area is 125 Å². The Morgan fingerprint density at radius 1 is 1.32 bits per heavy atom. The van der Waals surface area contributed by atoms with E-state index in [4.69, 9.17) is 0 Å². The van der Waals surface area contributed by atoms with E-state index in [2.05, 4.69) is 46.9 Å². The molecule has 0 fully saturated rings. The predicted octanol–water partition coefficient (Wildman–Crippen LogP) is 3.09. The molecule has 0 saturated heterocycles. The van der Waals surface area contributed by atoms with Gasteiger partial charge in [0.05, 0.1) is 9.48 Å². The topological polar surface area (TPSA) is 62.7 Å². The van der Waals surface area contributed by atoms with Crippen molar-refractivity contribution in [2.45, 2.75) is 20.3 Å². The van der Waals surface area contributed by atoms with Crippen molar-refractivity contribution in [2.75, 3.05) is 23.7 Å². The van der Waals surface area contributed by atoms with Gasteiger partial charge in [-0.15, -0.1) is 11.3 Å². The van der Waals surface area contributed by atoms with Crippen molar-refractivity contribution in [3.8, 4) is 0 Å². The van der Waals surface area contributed by atoms with E-state index in [9.17, 15) is 0 Å². The fraction of sp³-hybridized carbons (Fsp3) is 0.417. The second-order valence-corrected chi connectivity index (χ2v) is 5.78. The van der Waals surface area contributed by atoms with E-state index in [0.717, 1.165) is 40.5 Å². The normalized spacial score (nSPS) is 10.5. The molecule has 7 heteroatoms. The van der Waals surface area contributed by atoms with Gasteiger partial charge in [-0.05, 0) is 29.8 Å². The summed E-state index contributed by atoms with van der Waals surface area (Å²) in [5.41, 5.74) is 1.08. The summed E-state index contributed by atoms with van der Waals surface area (Å²) >= 11 is 5.14. The molecule has 2 heterocycles. The standard InChI is InChI=1S/C12H16BrN5S/c1-3-14-12-16-6-9(13)11(18-12)15-5-4-10-17-8(2)7-19-10/h6-7H,3-5H2,1-2H3,(H2,14,15,16,18). The smallest absolute Gasteiger partial charge is 0.224 e. The number of nitrogens with one attached hydrogen (secondary N) is 2. The van der Waals surface area contributed by atoms with Crippen molar-refractivity contribution < 1.29 is 0 Å². The third-order valence-corrected chi connectivity index (χ3v) is 3.98. The number of aromatic nitrogens is 3. The second-order valence-electron chi connectivity index (χ2n) is 3.98. The third-order valence-electron chi connectivity index (χ3n) is 2.38. The quantitative estimate of drug-likeness (QED) is 0.845. The van der Waals surface area contributed by atoms with Crippen LogP contribution in [0.1, 0.15) is 17.6 Å². The van der Waals surface area contributed by atoms with Gasteiger partial charge < -0.3 is 10.6 Å². The maximum absolute atomic E-state index is 4.43. The van der Waals surface area contributed by atoms with Crippen LogP contribution in [0, 0.1) is 6.92 Å². The third kappa shape index (κ3) is 4.14. The van der Waals surface area contributed by atoms with Crippen molar-refractivity contribution >= 4 is 39.0 Å². The minimum Gasteiger partial charge on any atom is -0.369 e. The summed E-state index contributed by atoms with van der Waals surface area (Å²) in [5.74, 6) is 1.44. The monoisotopic (exact) mass is 341 g/mol. The summed E-state index contributed by atoms with van der Waals surface area (Å²) < 4.78 is 0.865. The molecule has 0 saturated carbocycles. The van der Waals surface area contributed by atoms with Crippen LogP contribution in [0.25, 0.3) is 0 Å². The molecule has 5 nitrogen and oxygen atoms in total. The first-order valence-electron chi connectivity index (χ1n) is 6.10. The average molecular weight is 342 g/mol. The highest BCUT2D eigenvalue weighted by Gasteiger charge is 2.05. The molecule has 2 aromatic rings. The van der Waals surface area contributed by atoms with Crippen molar-refractivity contribution in [1.82, 2.24) is 15.0 Å². The predicted molar refractivity (Wildman–Crippen MR) is 82.9 cm³/mol. The van der Waals surface area contributed by atoms with Crippen molar-refractivity contribution in [2.24, 2.45) is 0 Å². The summed E-state index contributed by atoms with van der Waals surface area (Å²) in [7, 11) is 0. The first-order valence-corrected chi connectivity index (χ1v) is 7.77. The number of hydrogen-bond acceptors (Lipinski definition) is 6. The molecule has 0 unspecified atom stereocenters. The van der Waals surface area contributed by atoms with Gasteiger partial charge >= 0.3 is 0 Å². The van der Waals surface area contributed by atoms with Crippen molar-refractivity contribution in [1.29, 1.82) is 0 Å². The Bertz CT molecular complexity index is 543. The van der Waals surface area contributed by atoms with Crippen LogP contribution in [0.5, 0.6) is 0 Å². The Balaban J connectivity index is 1.93. The van der Waals surface area contributed by atoms with Crippen LogP contribution in [0.3, 0.4) is 0 Å². The number of rotatable bonds is 6. The van der Waals surface area contributed by atoms with E-state index in [1.165, 1.54) is 0 Å². The molecule has 0 aliphatic heterocycles. The van der Waals surface area contributed by atoms with Gasteiger partial charge in [0, 0.05) is 36.8 Å². The first kappa shape index (κ1) is 14.2. The van der Waals surface area contributed by atoms with Gasteiger partial charge in [0.2, 0.25) is 5.95 Å². The van der Waals surface area contributed by atoms with Gasteiger partial charge in [-0.3, -0.25) is 0 Å². The molecule has 0 aliphatic rings. The van der Waals surface area contributed by atoms with Gasteiger partial charge in [0.15, 0.2) is 0 Å². The summed E-state index contributed by atoms with van der Waals surface area (Å²) in [4.78, 5) is 13.0. The van der Waals surface area contributed by atoms with Crippen LogP contribution in [0.15, 0.2) is 16.0 Å². The summed E-state index contributed by atoms with van der Waals surface area (Å²) in [6.45, 7) is 5.63. The lowest BCUT2D eigenvalue weighted by atomic mass is 10.4. The molecule has 0 bridgehead atoms. The zero-order chi connectivity index (χ0) is 13.7. The van der Waals surface area contributed by atoms with Gasteiger partial charge in [-0.25, -0.2) is 9.97 Å². The molecule has 0 atom stereocenters. The number of aryl methyl sites for hydroxylation is 1. The Kier molecular flexibility index (Phi) is 5.09. The molecule has 19 heavy (non-hydrogen) atoms. The summed E-state index contributed by atoms with van der Waals surface area (Å²) in [5, 5.41) is 9.60. The molecular weight excluding hydrogens is 326 g/mol. The maximum atomic E-state index is 4.43. The largest absolute Gasteiger partial charge is 0.369 e. The molecule has 0 radical (unpaired) electrons. The van der Waals surface area contributed by atoms with Crippen molar-refractivity contribution in [3.63, 3.8) is 0 Å². The average Bonchev–Trinajstić information content (AvgIpc) is 2.79. The summed E-state index contributed by atoms with van der Waals surface area (Å²) in [6.07, 6.45) is 2.65. The van der Waals surface area contributed by atoms with Crippen LogP contribution >= 0.6 is 27.3 Å². The van der Waals surface area contributed by atoms with Gasteiger partial charge in [0.25, 0.3) is 0 Å². The lowest BCUT2D eigenvalue weighted by Gasteiger charge is -2.08. The Morgan fingerprint density at radius 2 is 2.16 bits per heavy atom. The zero-order valence-corrected chi connectivity index (χ0v) is 13.3. The van der Waals surface area contributed by atoms with E-state index in [1.54, 1.807) is 17.5 Å². The molecule has 0 spiro atoms. The van der Waals surface area contributed by atoms with Gasteiger partial charge in [-0.1, -0.05) is 0 Å². The SMILES string of the molecule is CCNc1ncc(Br)c(NCCc2nc(C)cs2)n1. The first-order chi connectivity index (χ1) is 9.19. The van der Waals surface area contributed by atoms with Crippen LogP contribution in [0.2, 0.25) is 0 Å². The van der Waals surface area contributed by atoms with Crippen LogP contribution in [-0.2, 0) is 6.42 Å². The fourth-order valence-corrected chi connectivity index (χ4v) is 2.65. The summed E-state index contributed by atoms with van der Waals surface area (Å²) in [6, 6.07) is 0. The number of hydrogen-bond donors (Lipinski definition) is 2.